The number of hydrogen-bond acceptors (Lipinski definition) is 3. The number of hydrogen-bond donors (Lipinski definition) is 1. The molecule has 1 fully saturated rings. The van der Waals surface area contributed by atoms with E-state index < -0.39 is 11.5 Å². The monoisotopic (exact) mass is 229 g/mol. The van der Waals surface area contributed by atoms with E-state index in [1.54, 1.807) is 6.92 Å². The molecule has 1 aliphatic heterocycles. The summed E-state index contributed by atoms with van der Waals surface area (Å²) in [7, 11) is 0. The van der Waals surface area contributed by atoms with Gasteiger partial charge in [-0.25, -0.2) is 4.79 Å². The van der Waals surface area contributed by atoms with E-state index in [2.05, 4.69) is 0 Å². The Kier molecular flexibility index (Phi) is 3.78. The molecule has 0 aromatic heterocycles. The minimum Gasteiger partial charge on any atom is -0.466 e. The number of ether oxygens (including phenoxy) is 1. The Morgan fingerprint density at radius 3 is 2.56 bits per heavy atom. The van der Waals surface area contributed by atoms with Crippen molar-refractivity contribution in [3.63, 3.8) is 0 Å². The Morgan fingerprint density at radius 1 is 1.50 bits per heavy atom. The van der Waals surface area contributed by atoms with Gasteiger partial charge >= 0.3 is 12.1 Å². The molecule has 1 saturated heterocycles. The Labute approximate surface area is 95.4 Å². The van der Waals surface area contributed by atoms with Crippen molar-refractivity contribution < 1.29 is 19.4 Å². The number of carbonyl (C=O) groups excluding carboxylic acids is 1. The molecule has 92 valence electrons. The summed E-state index contributed by atoms with van der Waals surface area (Å²) in [6.45, 7) is 6.69. The zero-order chi connectivity index (χ0) is 12.3. The van der Waals surface area contributed by atoms with Crippen LogP contribution in [0.3, 0.4) is 0 Å². The van der Waals surface area contributed by atoms with Crippen molar-refractivity contribution in [1.29, 1.82) is 0 Å². The van der Waals surface area contributed by atoms with Gasteiger partial charge in [-0.1, -0.05) is 0 Å². The molecule has 0 radical (unpaired) electrons. The van der Waals surface area contributed by atoms with E-state index in [9.17, 15) is 9.59 Å². The van der Waals surface area contributed by atoms with E-state index >= 15 is 0 Å². The number of esters is 1. The van der Waals surface area contributed by atoms with Crippen LogP contribution in [0.2, 0.25) is 0 Å². The molecule has 0 unspecified atom stereocenters. The molecule has 0 saturated carbocycles. The molecule has 1 rings (SSSR count). The highest BCUT2D eigenvalue weighted by Crippen LogP contribution is 2.35. The van der Waals surface area contributed by atoms with Crippen LogP contribution in [0.5, 0.6) is 0 Å². The van der Waals surface area contributed by atoms with Crippen molar-refractivity contribution in [2.75, 3.05) is 19.7 Å². The molecule has 0 aromatic rings. The summed E-state index contributed by atoms with van der Waals surface area (Å²) in [6, 6.07) is 0. The third kappa shape index (κ3) is 2.46. The summed E-state index contributed by atoms with van der Waals surface area (Å²) in [5.41, 5.74) is -0.611. The second kappa shape index (κ2) is 4.72. The molecular formula is C11H19NO4. The van der Waals surface area contributed by atoms with Gasteiger partial charge < -0.3 is 14.7 Å². The molecule has 0 spiro atoms. The summed E-state index contributed by atoms with van der Waals surface area (Å²) in [5.74, 6) is -0.199. The average molecular weight is 229 g/mol. The zero-order valence-corrected chi connectivity index (χ0v) is 10.0. The number of likely N-dealkylation sites (tertiary alicyclic amines) is 1. The van der Waals surface area contributed by atoms with Crippen molar-refractivity contribution in [3.05, 3.63) is 0 Å². The molecule has 1 N–H and O–H groups in total. The summed E-state index contributed by atoms with van der Waals surface area (Å²) in [4.78, 5) is 23.9. The summed E-state index contributed by atoms with van der Waals surface area (Å²) < 4.78 is 5.01. The largest absolute Gasteiger partial charge is 0.466 e. The lowest BCUT2D eigenvalue weighted by molar-refractivity contribution is -0.156. The molecule has 1 amide bonds. The zero-order valence-electron chi connectivity index (χ0n) is 10.0. The predicted octanol–water partition coefficient (Wildman–Crippen LogP) is 1.58. The lowest BCUT2D eigenvalue weighted by Crippen LogP contribution is -2.37. The molecular weight excluding hydrogens is 210 g/mol. The topological polar surface area (TPSA) is 66.8 Å². The fraction of sp³-hybridized carbons (Fsp3) is 0.818. The quantitative estimate of drug-likeness (QED) is 0.746. The molecule has 5 nitrogen and oxygen atoms in total. The van der Waals surface area contributed by atoms with Crippen molar-refractivity contribution in [3.8, 4) is 0 Å². The maximum absolute atomic E-state index is 11.7. The third-order valence-electron chi connectivity index (χ3n) is 3.28. The van der Waals surface area contributed by atoms with Crippen molar-refractivity contribution >= 4 is 12.1 Å². The second-order valence-corrected chi connectivity index (χ2v) is 4.66. The van der Waals surface area contributed by atoms with E-state index in [4.69, 9.17) is 9.84 Å². The van der Waals surface area contributed by atoms with Gasteiger partial charge in [0.1, 0.15) is 0 Å². The van der Waals surface area contributed by atoms with Gasteiger partial charge in [-0.3, -0.25) is 4.79 Å². The highest BCUT2D eigenvalue weighted by molar-refractivity contribution is 5.76. The van der Waals surface area contributed by atoms with Gasteiger partial charge in [0, 0.05) is 13.1 Å². The Balaban J connectivity index is 2.64. The average Bonchev–Trinajstić information content (AvgIpc) is 2.67. The first-order valence-electron chi connectivity index (χ1n) is 5.54. The van der Waals surface area contributed by atoms with Crippen molar-refractivity contribution in [2.45, 2.75) is 27.2 Å². The first-order chi connectivity index (χ1) is 7.39. The van der Waals surface area contributed by atoms with Gasteiger partial charge in [-0.15, -0.1) is 0 Å². The highest BCUT2D eigenvalue weighted by Gasteiger charge is 2.42. The molecule has 1 heterocycles. The van der Waals surface area contributed by atoms with Crippen LogP contribution in [-0.4, -0.2) is 41.8 Å². The van der Waals surface area contributed by atoms with E-state index in [-0.39, 0.29) is 11.9 Å². The lowest BCUT2D eigenvalue weighted by Gasteiger charge is -2.28. The van der Waals surface area contributed by atoms with Gasteiger partial charge in [0.05, 0.1) is 12.0 Å². The SMILES string of the molecule is CCOC(=O)C(C)(C)[C@@H]1CCN(C(=O)O)C1. The van der Waals surface area contributed by atoms with Crippen LogP contribution in [0.25, 0.3) is 0 Å². The van der Waals surface area contributed by atoms with E-state index in [0.717, 1.165) is 6.42 Å². The molecule has 16 heavy (non-hydrogen) atoms. The standard InChI is InChI=1S/C11H19NO4/c1-4-16-9(13)11(2,3)8-5-6-12(7-8)10(14)15/h8H,4-7H2,1-3H3,(H,14,15)/t8-/m1/s1. The van der Waals surface area contributed by atoms with E-state index in [1.807, 2.05) is 13.8 Å². The fourth-order valence-electron chi connectivity index (χ4n) is 2.01. The molecule has 0 aliphatic carbocycles. The van der Waals surface area contributed by atoms with Gasteiger partial charge in [0.2, 0.25) is 0 Å². The third-order valence-corrected chi connectivity index (χ3v) is 3.28. The minimum atomic E-state index is -0.915. The molecule has 5 heteroatoms. The smallest absolute Gasteiger partial charge is 0.407 e. The van der Waals surface area contributed by atoms with Crippen LogP contribution < -0.4 is 0 Å². The molecule has 0 aromatic carbocycles. The van der Waals surface area contributed by atoms with E-state index in [0.29, 0.717) is 19.7 Å². The number of nitrogens with zero attached hydrogens (tertiary/aromatic N) is 1. The number of carboxylic acid groups (broad SMARTS) is 1. The van der Waals surface area contributed by atoms with Crippen molar-refractivity contribution in [2.24, 2.45) is 11.3 Å². The normalized spacial score (nSPS) is 20.9. The number of carbonyl (C=O) groups is 2. The summed E-state index contributed by atoms with van der Waals surface area (Å²) >= 11 is 0. The van der Waals surface area contributed by atoms with Gasteiger partial charge in [-0.2, -0.15) is 0 Å². The first kappa shape index (κ1) is 12.8. The van der Waals surface area contributed by atoms with Crippen LogP contribution in [0, 0.1) is 11.3 Å². The first-order valence-corrected chi connectivity index (χ1v) is 5.54. The number of rotatable bonds is 3. The minimum absolute atomic E-state index is 0.0441. The van der Waals surface area contributed by atoms with Crippen LogP contribution in [0.4, 0.5) is 4.79 Å². The fourth-order valence-corrected chi connectivity index (χ4v) is 2.01. The summed E-state index contributed by atoms with van der Waals surface area (Å²) in [6.07, 6.45) is -0.194. The van der Waals surface area contributed by atoms with Crippen LogP contribution >= 0.6 is 0 Å². The van der Waals surface area contributed by atoms with Gasteiger partial charge in [0.15, 0.2) is 0 Å². The van der Waals surface area contributed by atoms with Crippen molar-refractivity contribution in [1.82, 2.24) is 4.90 Å². The summed E-state index contributed by atoms with van der Waals surface area (Å²) in [5, 5.41) is 8.85. The molecule has 1 atom stereocenters. The Bertz CT molecular complexity index is 288. The maximum Gasteiger partial charge on any atom is 0.407 e. The lowest BCUT2D eigenvalue weighted by atomic mass is 9.78. The maximum atomic E-state index is 11.7. The molecule has 0 bridgehead atoms. The Morgan fingerprint density at radius 2 is 2.12 bits per heavy atom. The van der Waals surface area contributed by atoms with Gasteiger partial charge in [0.25, 0.3) is 0 Å². The van der Waals surface area contributed by atoms with Crippen LogP contribution in [0.15, 0.2) is 0 Å². The number of amides is 1. The highest BCUT2D eigenvalue weighted by atomic mass is 16.5. The van der Waals surface area contributed by atoms with Crippen LogP contribution in [-0.2, 0) is 9.53 Å². The van der Waals surface area contributed by atoms with Gasteiger partial charge in [-0.05, 0) is 33.1 Å². The van der Waals surface area contributed by atoms with Crippen LogP contribution in [0.1, 0.15) is 27.2 Å². The van der Waals surface area contributed by atoms with E-state index in [1.165, 1.54) is 4.90 Å². The Hall–Kier alpha value is -1.26. The molecule has 1 aliphatic rings. The second-order valence-electron chi connectivity index (χ2n) is 4.66. The predicted molar refractivity (Wildman–Crippen MR) is 58.1 cm³/mol.